The van der Waals surface area contributed by atoms with Crippen LogP contribution in [0.3, 0.4) is 0 Å². The third-order valence-electron chi connectivity index (χ3n) is 3.77. The van der Waals surface area contributed by atoms with Gasteiger partial charge in [0, 0.05) is 11.1 Å². The summed E-state index contributed by atoms with van der Waals surface area (Å²) in [5.41, 5.74) is 0.769. The van der Waals surface area contributed by atoms with Crippen molar-refractivity contribution >= 4 is 11.6 Å². The van der Waals surface area contributed by atoms with Crippen LogP contribution in [0.25, 0.3) is 0 Å². The fourth-order valence-corrected chi connectivity index (χ4v) is 2.86. The fourth-order valence-electron chi connectivity index (χ4n) is 2.67. The van der Waals surface area contributed by atoms with E-state index < -0.39 is 0 Å². The van der Waals surface area contributed by atoms with Gasteiger partial charge in [-0.05, 0) is 68.8 Å². The lowest BCUT2D eigenvalue weighted by molar-refractivity contribution is 0.298. The van der Waals surface area contributed by atoms with Gasteiger partial charge in [-0.15, -0.1) is 0 Å². The number of hydrogen-bond acceptors (Lipinski definition) is 1. The molecule has 0 heterocycles. The molecule has 0 saturated heterocycles. The van der Waals surface area contributed by atoms with Crippen molar-refractivity contribution in [3.63, 3.8) is 0 Å². The molecule has 0 aliphatic heterocycles. The molecule has 0 amide bonds. The molecule has 1 saturated carbocycles. The first-order valence-corrected chi connectivity index (χ1v) is 6.68. The first-order chi connectivity index (χ1) is 8.19. The number of rotatable bonds is 3. The molecular weight excluding hydrogens is 237 g/mol. The highest BCUT2D eigenvalue weighted by atomic mass is 35.5. The van der Waals surface area contributed by atoms with Gasteiger partial charge in [-0.3, -0.25) is 0 Å². The van der Waals surface area contributed by atoms with Crippen LogP contribution in [0.5, 0.6) is 0 Å². The molecule has 1 N–H and O–H groups in total. The Bertz CT molecular complexity index is 372. The van der Waals surface area contributed by atoms with Crippen LogP contribution >= 0.6 is 11.6 Å². The van der Waals surface area contributed by atoms with Gasteiger partial charge in [0.1, 0.15) is 5.82 Å². The molecule has 1 aromatic rings. The molecule has 1 aromatic carbocycles. The van der Waals surface area contributed by atoms with Crippen LogP contribution in [0.2, 0.25) is 5.02 Å². The number of halogens is 2. The summed E-state index contributed by atoms with van der Waals surface area (Å²) in [5.74, 6) is 0.484. The second-order valence-electron chi connectivity index (χ2n) is 4.95. The third-order valence-corrected chi connectivity index (χ3v) is 4.01. The first-order valence-electron chi connectivity index (χ1n) is 6.30. The van der Waals surface area contributed by atoms with Crippen molar-refractivity contribution in [3.05, 3.63) is 34.6 Å². The number of nitrogens with one attached hydrogen (secondary N) is 1. The van der Waals surface area contributed by atoms with Gasteiger partial charge in [0.05, 0.1) is 0 Å². The summed E-state index contributed by atoms with van der Waals surface area (Å²) in [6.45, 7) is 0. The Morgan fingerprint density at radius 1 is 1.29 bits per heavy atom. The monoisotopic (exact) mass is 255 g/mol. The zero-order valence-corrected chi connectivity index (χ0v) is 10.9. The Morgan fingerprint density at radius 2 is 2.00 bits per heavy atom. The average molecular weight is 256 g/mol. The van der Waals surface area contributed by atoms with Crippen LogP contribution in [0.4, 0.5) is 4.39 Å². The van der Waals surface area contributed by atoms with Crippen LogP contribution in [-0.4, -0.2) is 13.1 Å². The van der Waals surface area contributed by atoms with Crippen LogP contribution in [0, 0.1) is 11.7 Å². The summed E-state index contributed by atoms with van der Waals surface area (Å²) in [7, 11) is 2.02. The molecule has 0 radical (unpaired) electrons. The minimum atomic E-state index is -0.120. The van der Waals surface area contributed by atoms with Crippen LogP contribution in [0.1, 0.15) is 31.2 Å². The van der Waals surface area contributed by atoms with E-state index in [0.717, 1.165) is 12.0 Å². The maximum absolute atomic E-state index is 13.6. The topological polar surface area (TPSA) is 12.0 Å². The Morgan fingerprint density at radius 3 is 2.65 bits per heavy atom. The second-order valence-corrected chi connectivity index (χ2v) is 5.38. The Balaban J connectivity index is 1.95. The molecule has 1 aliphatic carbocycles. The zero-order valence-electron chi connectivity index (χ0n) is 10.2. The van der Waals surface area contributed by atoms with Crippen molar-refractivity contribution in [2.24, 2.45) is 5.92 Å². The molecule has 0 spiro atoms. The average Bonchev–Trinajstić information content (AvgIpc) is 2.35. The summed E-state index contributed by atoms with van der Waals surface area (Å²) < 4.78 is 13.6. The Kier molecular flexibility index (Phi) is 4.41. The SMILES string of the molecule is CNC1CCC(Cc2cc(Cl)ccc2F)CC1. The molecule has 1 fully saturated rings. The van der Waals surface area contributed by atoms with E-state index in [1.54, 1.807) is 12.1 Å². The quantitative estimate of drug-likeness (QED) is 0.866. The van der Waals surface area contributed by atoms with Crippen molar-refractivity contribution in [3.8, 4) is 0 Å². The van der Waals surface area contributed by atoms with E-state index >= 15 is 0 Å². The lowest BCUT2D eigenvalue weighted by atomic mass is 9.82. The fraction of sp³-hybridized carbons (Fsp3) is 0.571. The van der Waals surface area contributed by atoms with Crippen LogP contribution in [0.15, 0.2) is 18.2 Å². The lowest BCUT2D eigenvalue weighted by Gasteiger charge is -2.28. The normalized spacial score (nSPS) is 24.9. The molecule has 94 valence electrons. The highest BCUT2D eigenvalue weighted by Gasteiger charge is 2.21. The molecule has 1 aliphatic rings. The van der Waals surface area contributed by atoms with E-state index in [4.69, 9.17) is 11.6 Å². The van der Waals surface area contributed by atoms with Gasteiger partial charge in [-0.2, -0.15) is 0 Å². The molecule has 0 aromatic heterocycles. The van der Waals surface area contributed by atoms with Crippen molar-refractivity contribution in [2.45, 2.75) is 38.1 Å². The summed E-state index contributed by atoms with van der Waals surface area (Å²) in [5, 5.41) is 3.94. The molecule has 0 unspecified atom stereocenters. The van der Waals surface area contributed by atoms with Gasteiger partial charge < -0.3 is 5.32 Å². The smallest absolute Gasteiger partial charge is 0.126 e. The lowest BCUT2D eigenvalue weighted by Crippen LogP contribution is -2.30. The number of benzene rings is 1. The van der Waals surface area contributed by atoms with Gasteiger partial charge in [-0.25, -0.2) is 4.39 Å². The van der Waals surface area contributed by atoms with E-state index in [1.807, 2.05) is 7.05 Å². The van der Waals surface area contributed by atoms with E-state index in [0.29, 0.717) is 17.0 Å². The molecule has 0 atom stereocenters. The molecule has 1 nitrogen and oxygen atoms in total. The van der Waals surface area contributed by atoms with Crippen molar-refractivity contribution in [1.29, 1.82) is 0 Å². The summed E-state index contributed by atoms with van der Waals surface area (Å²) in [6, 6.07) is 5.49. The third kappa shape index (κ3) is 3.43. The first kappa shape index (κ1) is 12.8. The van der Waals surface area contributed by atoms with Gasteiger partial charge in [0.15, 0.2) is 0 Å². The Labute approximate surface area is 107 Å². The Hall–Kier alpha value is -0.600. The van der Waals surface area contributed by atoms with Crippen LogP contribution in [-0.2, 0) is 6.42 Å². The molecule has 3 heteroatoms. The molecule has 0 bridgehead atoms. The van der Waals surface area contributed by atoms with E-state index in [9.17, 15) is 4.39 Å². The van der Waals surface area contributed by atoms with Gasteiger partial charge in [0.2, 0.25) is 0 Å². The largest absolute Gasteiger partial charge is 0.317 e. The summed E-state index contributed by atoms with van der Waals surface area (Å²) >= 11 is 5.90. The van der Waals surface area contributed by atoms with Gasteiger partial charge in [0.25, 0.3) is 0 Å². The molecule has 17 heavy (non-hydrogen) atoms. The predicted octanol–water partition coefficient (Wildman–Crippen LogP) is 3.80. The second kappa shape index (κ2) is 5.83. The molecule has 2 rings (SSSR count). The summed E-state index contributed by atoms with van der Waals surface area (Å²) in [4.78, 5) is 0. The highest BCUT2D eigenvalue weighted by molar-refractivity contribution is 6.30. The zero-order chi connectivity index (χ0) is 12.3. The standard InChI is InChI=1S/C14H19ClFN/c1-17-13-5-2-10(3-6-13)8-11-9-12(15)4-7-14(11)16/h4,7,9-10,13,17H,2-3,5-6,8H2,1H3. The van der Waals surface area contributed by atoms with Crippen molar-refractivity contribution in [1.82, 2.24) is 5.32 Å². The van der Waals surface area contributed by atoms with Crippen LogP contribution < -0.4 is 5.32 Å². The van der Waals surface area contributed by atoms with Crippen molar-refractivity contribution < 1.29 is 4.39 Å². The van der Waals surface area contributed by atoms with E-state index in [-0.39, 0.29) is 5.82 Å². The maximum atomic E-state index is 13.6. The predicted molar refractivity (Wildman–Crippen MR) is 69.9 cm³/mol. The minimum absolute atomic E-state index is 0.120. The van der Waals surface area contributed by atoms with Gasteiger partial charge in [-0.1, -0.05) is 11.6 Å². The van der Waals surface area contributed by atoms with E-state index in [2.05, 4.69) is 5.32 Å². The maximum Gasteiger partial charge on any atom is 0.126 e. The van der Waals surface area contributed by atoms with E-state index in [1.165, 1.54) is 31.7 Å². The summed E-state index contributed by atoms with van der Waals surface area (Å²) in [6.07, 6.45) is 5.57. The molecular formula is C14H19ClFN. The minimum Gasteiger partial charge on any atom is -0.317 e. The van der Waals surface area contributed by atoms with Crippen molar-refractivity contribution in [2.75, 3.05) is 7.05 Å². The highest BCUT2D eigenvalue weighted by Crippen LogP contribution is 2.28. The number of hydrogen-bond donors (Lipinski definition) is 1. The van der Waals surface area contributed by atoms with Gasteiger partial charge >= 0.3 is 0 Å².